The van der Waals surface area contributed by atoms with E-state index in [2.05, 4.69) is 0 Å². The molecule has 0 aliphatic carbocycles. The zero-order chi connectivity index (χ0) is 6.85. The van der Waals surface area contributed by atoms with Crippen molar-refractivity contribution >= 4 is 0 Å². The van der Waals surface area contributed by atoms with Crippen molar-refractivity contribution in [1.29, 1.82) is 0 Å². The van der Waals surface area contributed by atoms with Crippen LogP contribution in [0.1, 0.15) is 26.7 Å². The minimum atomic E-state index is -0.235. The smallest absolute Gasteiger partial charge is 0.0809 e. The first-order valence-corrected chi connectivity index (χ1v) is 3.53. The van der Waals surface area contributed by atoms with E-state index in [1.54, 1.807) is 0 Å². The van der Waals surface area contributed by atoms with Crippen LogP contribution in [0, 0.1) is 0 Å². The SMILES string of the molecule is CC1O[C@H](C)CCC1O. The summed E-state index contributed by atoms with van der Waals surface area (Å²) in [5.74, 6) is 0. The Morgan fingerprint density at radius 3 is 2.44 bits per heavy atom. The van der Waals surface area contributed by atoms with Crippen LogP contribution < -0.4 is 0 Å². The predicted octanol–water partition coefficient (Wildman–Crippen LogP) is 0.935. The molecule has 2 unspecified atom stereocenters. The molecule has 2 nitrogen and oxygen atoms in total. The highest BCUT2D eigenvalue weighted by Crippen LogP contribution is 2.18. The van der Waals surface area contributed by atoms with Crippen LogP contribution in [0.2, 0.25) is 0 Å². The summed E-state index contributed by atoms with van der Waals surface area (Å²) in [6.45, 7) is 3.96. The lowest BCUT2D eigenvalue weighted by molar-refractivity contribution is -0.101. The summed E-state index contributed by atoms with van der Waals surface area (Å²) >= 11 is 0. The van der Waals surface area contributed by atoms with Gasteiger partial charge in [0.1, 0.15) is 0 Å². The molecule has 1 N–H and O–H groups in total. The summed E-state index contributed by atoms with van der Waals surface area (Å²) in [4.78, 5) is 0. The minimum Gasteiger partial charge on any atom is -0.390 e. The van der Waals surface area contributed by atoms with Gasteiger partial charge in [-0.15, -0.1) is 0 Å². The van der Waals surface area contributed by atoms with Crippen molar-refractivity contribution in [1.82, 2.24) is 0 Å². The first kappa shape index (κ1) is 7.03. The Morgan fingerprint density at radius 2 is 2.00 bits per heavy atom. The summed E-state index contributed by atoms with van der Waals surface area (Å²) in [6, 6.07) is 0. The normalized spacial score (nSPS) is 45.0. The second-order valence-electron chi connectivity index (χ2n) is 2.80. The van der Waals surface area contributed by atoms with Gasteiger partial charge in [0.2, 0.25) is 0 Å². The van der Waals surface area contributed by atoms with Gasteiger partial charge in [-0.2, -0.15) is 0 Å². The van der Waals surface area contributed by atoms with Crippen LogP contribution in [0.3, 0.4) is 0 Å². The molecule has 0 saturated carbocycles. The molecule has 3 atom stereocenters. The molecular weight excluding hydrogens is 116 g/mol. The molecule has 54 valence electrons. The Bertz CT molecular complexity index is 92.9. The topological polar surface area (TPSA) is 29.5 Å². The lowest BCUT2D eigenvalue weighted by Gasteiger charge is -2.29. The molecule has 1 aliphatic heterocycles. The molecule has 0 bridgehead atoms. The molecule has 0 aromatic rings. The number of aliphatic hydroxyl groups excluding tert-OH is 1. The molecule has 1 rings (SSSR count). The van der Waals surface area contributed by atoms with Gasteiger partial charge in [0.15, 0.2) is 0 Å². The van der Waals surface area contributed by atoms with Crippen molar-refractivity contribution in [2.45, 2.75) is 45.0 Å². The molecule has 0 radical (unpaired) electrons. The molecule has 1 heterocycles. The first-order chi connectivity index (χ1) is 4.20. The molecule has 0 amide bonds. The first-order valence-electron chi connectivity index (χ1n) is 3.53. The number of rotatable bonds is 0. The summed E-state index contributed by atoms with van der Waals surface area (Å²) < 4.78 is 5.35. The van der Waals surface area contributed by atoms with Crippen LogP contribution in [0.15, 0.2) is 0 Å². The van der Waals surface area contributed by atoms with Crippen LogP contribution in [-0.2, 0) is 4.74 Å². The van der Waals surface area contributed by atoms with Crippen molar-refractivity contribution in [3.63, 3.8) is 0 Å². The molecule has 0 aromatic heterocycles. The van der Waals surface area contributed by atoms with Gasteiger partial charge in [-0.3, -0.25) is 0 Å². The second kappa shape index (κ2) is 2.67. The van der Waals surface area contributed by atoms with Gasteiger partial charge in [0, 0.05) is 0 Å². The van der Waals surface area contributed by atoms with E-state index in [1.807, 2.05) is 13.8 Å². The number of hydrogen-bond acceptors (Lipinski definition) is 2. The van der Waals surface area contributed by atoms with Crippen molar-refractivity contribution in [2.24, 2.45) is 0 Å². The lowest BCUT2D eigenvalue weighted by atomic mass is 10.0. The van der Waals surface area contributed by atoms with Gasteiger partial charge < -0.3 is 9.84 Å². The van der Waals surface area contributed by atoms with E-state index >= 15 is 0 Å². The molecule has 0 spiro atoms. The quantitative estimate of drug-likeness (QED) is 0.528. The van der Waals surface area contributed by atoms with Gasteiger partial charge in [-0.05, 0) is 26.7 Å². The Kier molecular flexibility index (Phi) is 2.09. The summed E-state index contributed by atoms with van der Waals surface area (Å²) in [5, 5.41) is 9.17. The van der Waals surface area contributed by atoms with Gasteiger partial charge in [-0.1, -0.05) is 0 Å². The van der Waals surface area contributed by atoms with Crippen LogP contribution in [0.4, 0.5) is 0 Å². The Morgan fingerprint density at radius 1 is 1.33 bits per heavy atom. The Labute approximate surface area is 55.8 Å². The highest BCUT2D eigenvalue weighted by molar-refractivity contribution is 4.72. The van der Waals surface area contributed by atoms with Crippen molar-refractivity contribution < 1.29 is 9.84 Å². The van der Waals surface area contributed by atoms with Crippen LogP contribution in [-0.4, -0.2) is 23.4 Å². The molecule has 1 aliphatic rings. The van der Waals surface area contributed by atoms with E-state index in [4.69, 9.17) is 4.74 Å². The zero-order valence-electron chi connectivity index (χ0n) is 6.00. The largest absolute Gasteiger partial charge is 0.390 e. The van der Waals surface area contributed by atoms with Crippen molar-refractivity contribution in [2.75, 3.05) is 0 Å². The second-order valence-corrected chi connectivity index (χ2v) is 2.80. The molecule has 9 heavy (non-hydrogen) atoms. The molecule has 1 fully saturated rings. The predicted molar refractivity (Wildman–Crippen MR) is 35.2 cm³/mol. The molecular formula is C7H14O2. The minimum absolute atomic E-state index is 0.0359. The fourth-order valence-electron chi connectivity index (χ4n) is 1.17. The van der Waals surface area contributed by atoms with Gasteiger partial charge >= 0.3 is 0 Å². The molecule has 2 heteroatoms. The maximum Gasteiger partial charge on any atom is 0.0809 e. The fourth-order valence-corrected chi connectivity index (χ4v) is 1.17. The summed E-state index contributed by atoms with van der Waals surface area (Å²) in [7, 11) is 0. The van der Waals surface area contributed by atoms with E-state index in [0.717, 1.165) is 12.8 Å². The van der Waals surface area contributed by atoms with Crippen molar-refractivity contribution in [3.05, 3.63) is 0 Å². The maximum atomic E-state index is 9.17. The monoisotopic (exact) mass is 130 g/mol. The lowest BCUT2D eigenvalue weighted by Crippen LogP contribution is -2.35. The van der Waals surface area contributed by atoms with E-state index in [1.165, 1.54) is 0 Å². The van der Waals surface area contributed by atoms with Gasteiger partial charge in [0.05, 0.1) is 18.3 Å². The highest BCUT2D eigenvalue weighted by Gasteiger charge is 2.23. The fraction of sp³-hybridized carbons (Fsp3) is 1.00. The molecule has 1 saturated heterocycles. The average Bonchev–Trinajstić information content (AvgIpc) is 1.80. The van der Waals surface area contributed by atoms with Crippen LogP contribution in [0.5, 0.6) is 0 Å². The standard InChI is InChI=1S/C7H14O2/c1-5-3-4-7(8)6(2)9-5/h5-8H,3-4H2,1-2H3/t5-,6?,7?/m1/s1. The third-order valence-corrected chi connectivity index (χ3v) is 1.86. The summed E-state index contributed by atoms with van der Waals surface area (Å²) in [6.07, 6.45) is 2.02. The van der Waals surface area contributed by atoms with E-state index in [0.29, 0.717) is 6.10 Å². The third-order valence-electron chi connectivity index (χ3n) is 1.86. The zero-order valence-corrected chi connectivity index (χ0v) is 6.00. The number of ether oxygens (including phenoxy) is 1. The van der Waals surface area contributed by atoms with Gasteiger partial charge in [0.25, 0.3) is 0 Å². The summed E-state index contributed by atoms with van der Waals surface area (Å²) in [5.41, 5.74) is 0. The van der Waals surface area contributed by atoms with Crippen molar-refractivity contribution in [3.8, 4) is 0 Å². The Balaban J connectivity index is 2.35. The van der Waals surface area contributed by atoms with E-state index < -0.39 is 0 Å². The maximum absolute atomic E-state index is 9.17. The van der Waals surface area contributed by atoms with Crippen LogP contribution >= 0.6 is 0 Å². The Hall–Kier alpha value is -0.0800. The van der Waals surface area contributed by atoms with E-state index in [9.17, 15) is 5.11 Å². The van der Waals surface area contributed by atoms with Gasteiger partial charge in [-0.25, -0.2) is 0 Å². The van der Waals surface area contributed by atoms with E-state index in [-0.39, 0.29) is 12.2 Å². The average molecular weight is 130 g/mol. The highest BCUT2D eigenvalue weighted by atomic mass is 16.5. The number of hydrogen-bond donors (Lipinski definition) is 1. The number of aliphatic hydroxyl groups is 1. The van der Waals surface area contributed by atoms with Crippen LogP contribution in [0.25, 0.3) is 0 Å². The third kappa shape index (κ3) is 1.66. The molecule has 0 aromatic carbocycles.